The number of nitrogens with one attached hydrogen (secondary N) is 1. The fraction of sp³-hybridized carbons (Fsp3) is 0.435. The predicted molar refractivity (Wildman–Crippen MR) is 112 cm³/mol. The molecule has 3 nitrogen and oxygen atoms in total. The van der Waals surface area contributed by atoms with E-state index in [1.807, 2.05) is 55.5 Å². The highest BCUT2D eigenvalue weighted by Crippen LogP contribution is 2.43. The monoisotopic (exact) mass is 385 g/mol. The van der Waals surface area contributed by atoms with Crippen molar-refractivity contribution >= 4 is 23.2 Å². The van der Waals surface area contributed by atoms with Gasteiger partial charge in [0, 0.05) is 10.7 Å². The second kappa shape index (κ2) is 8.79. The Morgan fingerprint density at radius 1 is 1.11 bits per heavy atom. The maximum Gasteiger partial charge on any atom is 0.235 e. The van der Waals surface area contributed by atoms with Gasteiger partial charge in [-0.1, -0.05) is 56.0 Å². The van der Waals surface area contributed by atoms with Crippen LogP contribution in [0.2, 0.25) is 5.02 Å². The summed E-state index contributed by atoms with van der Waals surface area (Å²) in [6.45, 7) is 4.14. The summed E-state index contributed by atoms with van der Waals surface area (Å²) in [6.07, 6.45) is 6.05. The summed E-state index contributed by atoms with van der Waals surface area (Å²) in [4.78, 5) is 13.4. The van der Waals surface area contributed by atoms with Crippen molar-refractivity contribution < 1.29 is 9.53 Å². The molecular weight excluding hydrogens is 358 g/mol. The first-order valence-corrected chi connectivity index (χ1v) is 10.3. The van der Waals surface area contributed by atoms with Crippen molar-refractivity contribution in [3.8, 4) is 5.75 Å². The lowest BCUT2D eigenvalue weighted by Crippen LogP contribution is -2.42. The average molecular weight is 386 g/mol. The van der Waals surface area contributed by atoms with Gasteiger partial charge in [-0.05, 0) is 62.1 Å². The maximum atomic E-state index is 13.4. The van der Waals surface area contributed by atoms with E-state index >= 15 is 0 Å². The smallest absolute Gasteiger partial charge is 0.235 e. The van der Waals surface area contributed by atoms with Crippen LogP contribution in [0.5, 0.6) is 5.75 Å². The summed E-state index contributed by atoms with van der Waals surface area (Å²) < 4.78 is 5.81. The zero-order valence-corrected chi connectivity index (χ0v) is 16.9. The van der Waals surface area contributed by atoms with Crippen LogP contribution in [0.15, 0.2) is 48.5 Å². The molecular formula is C23H28ClNO2. The molecule has 1 atom stereocenters. The van der Waals surface area contributed by atoms with Crippen LogP contribution in [0.1, 0.15) is 57.9 Å². The lowest BCUT2D eigenvalue weighted by molar-refractivity contribution is -0.122. The van der Waals surface area contributed by atoms with Gasteiger partial charge in [0.05, 0.1) is 11.5 Å². The van der Waals surface area contributed by atoms with Crippen molar-refractivity contribution in [1.82, 2.24) is 0 Å². The number of benzene rings is 2. The van der Waals surface area contributed by atoms with E-state index in [-0.39, 0.29) is 12.0 Å². The summed E-state index contributed by atoms with van der Waals surface area (Å²) >= 11 is 6.48. The van der Waals surface area contributed by atoms with Gasteiger partial charge in [0.15, 0.2) is 0 Å². The van der Waals surface area contributed by atoms with Crippen LogP contribution in [0, 0.1) is 0 Å². The lowest BCUT2D eigenvalue weighted by atomic mass is 9.68. The van der Waals surface area contributed by atoms with Gasteiger partial charge in [-0.15, -0.1) is 0 Å². The van der Waals surface area contributed by atoms with Crippen molar-refractivity contribution in [1.29, 1.82) is 0 Å². The molecule has 1 amide bonds. The number of carbonyl (C=O) groups is 1. The van der Waals surface area contributed by atoms with Crippen molar-refractivity contribution in [2.24, 2.45) is 0 Å². The molecule has 4 heteroatoms. The number of amides is 1. The third kappa shape index (κ3) is 4.47. The van der Waals surface area contributed by atoms with E-state index in [2.05, 4.69) is 12.2 Å². The molecule has 0 radical (unpaired) electrons. The minimum atomic E-state index is -0.553. The molecule has 2 aromatic rings. The van der Waals surface area contributed by atoms with Gasteiger partial charge in [-0.25, -0.2) is 0 Å². The number of halogens is 1. The fourth-order valence-corrected chi connectivity index (χ4v) is 4.12. The Hall–Kier alpha value is -2.00. The first kappa shape index (κ1) is 19.8. The van der Waals surface area contributed by atoms with Gasteiger partial charge in [0.2, 0.25) is 5.91 Å². The molecule has 0 bridgehead atoms. The summed E-state index contributed by atoms with van der Waals surface area (Å²) in [6, 6.07) is 15.4. The summed E-state index contributed by atoms with van der Waals surface area (Å²) in [5.74, 6) is 0.853. The minimum Gasteiger partial charge on any atom is -0.491 e. The quantitative estimate of drug-likeness (QED) is 0.628. The minimum absolute atomic E-state index is 0.0332. The number of rotatable bonds is 6. The van der Waals surface area contributed by atoms with Gasteiger partial charge in [-0.3, -0.25) is 4.79 Å². The number of hydrogen-bond acceptors (Lipinski definition) is 2. The SMILES string of the molecule is CC[C@@H](C)Oc1ccc(NC(=O)C2(c3ccccc3Cl)CCCCC2)cc1. The van der Waals surface area contributed by atoms with Crippen LogP contribution in [-0.2, 0) is 10.2 Å². The molecule has 1 fully saturated rings. The number of carbonyl (C=O) groups excluding carboxylic acids is 1. The second-order valence-electron chi connectivity index (χ2n) is 7.44. The third-order valence-electron chi connectivity index (χ3n) is 5.56. The first-order valence-electron chi connectivity index (χ1n) is 9.88. The third-order valence-corrected chi connectivity index (χ3v) is 5.89. The van der Waals surface area contributed by atoms with Gasteiger partial charge in [0.25, 0.3) is 0 Å². The molecule has 2 aromatic carbocycles. The van der Waals surface area contributed by atoms with Crippen molar-refractivity contribution in [3.63, 3.8) is 0 Å². The molecule has 1 aliphatic carbocycles. The van der Waals surface area contributed by atoms with E-state index in [0.29, 0.717) is 5.02 Å². The van der Waals surface area contributed by atoms with E-state index in [4.69, 9.17) is 16.3 Å². The lowest BCUT2D eigenvalue weighted by Gasteiger charge is -2.37. The molecule has 144 valence electrons. The second-order valence-corrected chi connectivity index (χ2v) is 7.85. The first-order chi connectivity index (χ1) is 13.0. The number of ether oxygens (including phenoxy) is 1. The van der Waals surface area contributed by atoms with Crippen molar-refractivity contribution in [2.75, 3.05) is 5.32 Å². The zero-order chi connectivity index (χ0) is 19.3. The van der Waals surface area contributed by atoms with Crippen LogP contribution in [0.4, 0.5) is 5.69 Å². The molecule has 0 heterocycles. The van der Waals surface area contributed by atoms with E-state index in [0.717, 1.165) is 49.1 Å². The Morgan fingerprint density at radius 2 is 1.78 bits per heavy atom. The highest BCUT2D eigenvalue weighted by Gasteiger charge is 2.42. The topological polar surface area (TPSA) is 38.3 Å². The Morgan fingerprint density at radius 3 is 2.41 bits per heavy atom. The Bertz CT molecular complexity index is 766. The van der Waals surface area contributed by atoms with Crippen LogP contribution in [-0.4, -0.2) is 12.0 Å². The standard InChI is InChI=1S/C23H28ClNO2/c1-3-17(2)27-19-13-11-18(12-14-19)25-22(26)23(15-7-4-8-16-23)20-9-5-6-10-21(20)24/h5-6,9-14,17H,3-4,7-8,15-16H2,1-2H3,(H,25,26)/t17-/m1/s1. The Balaban J connectivity index is 1.80. The summed E-state index contributed by atoms with van der Waals surface area (Å²) in [7, 11) is 0. The average Bonchev–Trinajstić information content (AvgIpc) is 2.70. The van der Waals surface area contributed by atoms with Gasteiger partial charge in [0.1, 0.15) is 5.75 Å². The van der Waals surface area contributed by atoms with Gasteiger partial charge >= 0.3 is 0 Å². The number of anilines is 1. The highest BCUT2D eigenvalue weighted by molar-refractivity contribution is 6.31. The van der Waals surface area contributed by atoms with Gasteiger partial charge in [-0.2, -0.15) is 0 Å². The zero-order valence-electron chi connectivity index (χ0n) is 16.1. The molecule has 0 aromatic heterocycles. The molecule has 0 saturated heterocycles. The van der Waals surface area contributed by atoms with Crippen LogP contribution in [0.25, 0.3) is 0 Å². The largest absolute Gasteiger partial charge is 0.491 e. The molecule has 0 spiro atoms. The number of hydrogen-bond donors (Lipinski definition) is 1. The van der Waals surface area contributed by atoms with Crippen LogP contribution < -0.4 is 10.1 Å². The van der Waals surface area contributed by atoms with E-state index < -0.39 is 5.41 Å². The van der Waals surface area contributed by atoms with Crippen LogP contribution in [0.3, 0.4) is 0 Å². The molecule has 27 heavy (non-hydrogen) atoms. The highest BCUT2D eigenvalue weighted by atomic mass is 35.5. The maximum absolute atomic E-state index is 13.4. The Labute approximate surface area is 167 Å². The van der Waals surface area contributed by atoms with Gasteiger partial charge < -0.3 is 10.1 Å². The van der Waals surface area contributed by atoms with E-state index in [1.54, 1.807) is 0 Å². The fourth-order valence-electron chi connectivity index (χ4n) is 3.81. The summed E-state index contributed by atoms with van der Waals surface area (Å²) in [5.41, 5.74) is 1.18. The molecule has 1 aliphatic rings. The molecule has 0 unspecified atom stereocenters. The molecule has 1 N–H and O–H groups in total. The molecule has 3 rings (SSSR count). The van der Waals surface area contributed by atoms with Crippen molar-refractivity contribution in [3.05, 3.63) is 59.1 Å². The molecule has 0 aliphatic heterocycles. The van der Waals surface area contributed by atoms with Crippen molar-refractivity contribution in [2.45, 2.75) is 63.9 Å². The Kier molecular flexibility index (Phi) is 6.43. The van der Waals surface area contributed by atoms with E-state index in [1.165, 1.54) is 6.42 Å². The predicted octanol–water partition coefficient (Wildman–Crippen LogP) is 6.36. The normalized spacial score (nSPS) is 17.1. The summed E-state index contributed by atoms with van der Waals surface area (Å²) in [5, 5.41) is 3.79. The van der Waals surface area contributed by atoms with E-state index in [9.17, 15) is 4.79 Å². The molecule has 1 saturated carbocycles. The van der Waals surface area contributed by atoms with Crippen LogP contribution >= 0.6 is 11.6 Å².